The van der Waals surface area contributed by atoms with Gasteiger partial charge in [-0.3, -0.25) is 4.79 Å². The van der Waals surface area contributed by atoms with Gasteiger partial charge in [0.2, 0.25) is 5.91 Å². The molecule has 1 aliphatic rings. The molecule has 1 saturated heterocycles. The largest absolute Gasteiger partial charge is 0.376 e. The summed E-state index contributed by atoms with van der Waals surface area (Å²) < 4.78 is 12.8. The van der Waals surface area contributed by atoms with Gasteiger partial charge in [-0.2, -0.15) is 0 Å². The van der Waals surface area contributed by atoms with Crippen LogP contribution in [0.3, 0.4) is 0 Å². The SMILES string of the molecule is CN1CCN(c2ccc(NCC(=O)Nc3ccc(F)cc3)cc2)CC1. The van der Waals surface area contributed by atoms with Gasteiger partial charge in [-0.25, -0.2) is 4.39 Å². The Morgan fingerprint density at radius 2 is 1.56 bits per heavy atom. The number of piperazine rings is 1. The van der Waals surface area contributed by atoms with Gasteiger partial charge in [0.1, 0.15) is 5.82 Å². The zero-order valence-corrected chi connectivity index (χ0v) is 14.3. The van der Waals surface area contributed by atoms with Crippen molar-refractivity contribution in [2.45, 2.75) is 0 Å². The van der Waals surface area contributed by atoms with E-state index in [1.807, 2.05) is 12.1 Å². The molecule has 1 aliphatic heterocycles. The molecule has 0 saturated carbocycles. The molecule has 0 radical (unpaired) electrons. The number of carbonyl (C=O) groups is 1. The molecule has 2 aromatic rings. The number of halogens is 1. The summed E-state index contributed by atoms with van der Waals surface area (Å²) >= 11 is 0. The zero-order chi connectivity index (χ0) is 17.6. The lowest BCUT2D eigenvalue weighted by atomic mass is 10.2. The van der Waals surface area contributed by atoms with Gasteiger partial charge in [0.25, 0.3) is 0 Å². The number of anilines is 3. The van der Waals surface area contributed by atoms with Crippen LogP contribution < -0.4 is 15.5 Å². The predicted octanol–water partition coefficient (Wildman–Crippen LogP) is 2.63. The zero-order valence-electron chi connectivity index (χ0n) is 14.3. The van der Waals surface area contributed by atoms with Gasteiger partial charge in [-0.1, -0.05) is 0 Å². The molecule has 0 atom stereocenters. The van der Waals surface area contributed by atoms with Crippen molar-refractivity contribution in [2.24, 2.45) is 0 Å². The Hall–Kier alpha value is -2.60. The first-order valence-corrected chi connectivity index (χ1v) is 8.43. The Kier molecular flexibility index (Phi) is 5.50. The maximum atomic E-state index is 12.8. The first-order valence-electron chi connectivity index (χ1n) is 8.43. The standard InChI is InChI=1S/C19H23FN4O/c1-23-10-12-24(13-11-23)18-8-6-16(7-9-18)21-14-19(25)22-17-4-2-15(20)3-5-17/h2-9,21H,10-14H2,1H3,(H,22,25). The summed E-state index contributed by atoms with van der Waals surface area (Å²) in [6, 6.07) is 13.8. The van der Waals surface area contributed by atoms with E-state index >= 15 is 0 Å². The fourth-order valence-electron chi connectivity index (χ4n) is 2.78. The highest BCUT2D eigenvalue weighted by Gasteiger charge is 2.13. The molecule has 1 heterocycles. The van der Waals surface area contributed by atoms with Crippen molar-refractivity contribution in [3.8, 4) is 0 Å². The summed E-state index contributed by atoms with van der Waals surface area (Å²) in [6.07, 6.45) is 0. The first-order chi connectivity index (χ1) is 12.1. The third-order valence-electron chi connectivity index (χ3n) is 4.32. The molecular formula is C19H23FN4O. The van der Waals surface area contributed by atoms with E-state index in [0.29, 0.717) is 5.69 Å². The fourth-order valence-corrected chi connectivity index (χ4v) is 2.78. The van der Waals surface area contributed by atoms with Crippen LogP contribution in [0.15, 0.2) is 48.5 Å². The number of hydrogen-bond acceptors (Lipinski definition) is 4. The molecule has 132 valence electrons. The van der Waals surface area contributed by atoms with Crippen LogP contribution >= 0.6 is 0 Å². The van der Waals surface area contributed by atoms with Gasteiger partial charge in [0, 0.05) is 43.2 Å². The maximum absolute atomic E-state index is 12.8. The molecule has 0 aliphatic carbocycles. The third kappa shape index (κ3) is 4.93. The second kappa shape index (κ2) is 7.98. The quantitative estimate of drug-likeness (QED) is 0.877. The average Bonchev–Trinajstić information content (AvgIpc) is 2.63. The van der Waals surface area contributed by atoms with Crippen LogP contribution in [0.1, 0.15) is 0 Å². The second-order valence-corrected chi connectivity index (χ2v) is 6.25. The van der Waals surface area contributed by atoms with E-state index in [2.05, 4.69) is 39.6 Å². The van der Waals surface area contributed by atoms with Crippen LogP contribution in [-0.2, 0) is 4.79 Å². The molecule has 0 unspecified atom stereocenters. The Morgan fingerprint density at radius 3 is 2.20 bits per heavy atom. The Labute approximate surface area is 147 Å². The van der Waals surface area contributed by atoms with E-state index in [4.69, 9.17) is 0 Å². The second-order valence-electron chi connectivity index (χ2n) is 6.25. The number of amides is 1. The number of rotatable bonds is 5. The minimum absolute atomic E-state index is 0.158. The fraction of sp³-hybridized carbons (Fsp3) is 0.316. The number of benzene rings is 2. The molecule has 3 rings (SSSR count). The van der Waals surface area contributed by atoms with E-state index in [1.54, 1.807) is 0 Å². The van der Waals surface area contributed by atoms with Gasteiger partial charge in [0.15, 0.2) is 0 Å². The topological polar surface area (TPSA) is 47.6 Å². The van der Waals surface area contributed by atoms with Crippen molar-refractivity contribution in [1.29, 1.82) is 0 Å². The molecule has 0 spiro atoms. The normalized spacial score (nSPS) is 15.0. The monoisotopic (exact) mass is 342 g/mol. The summed E-state index contributed by atoms with van der Waals surface area (Å²) in [7, 11) is 2.14. The van der Waals surface area contributed by atoms with Gasteiger partial charge < -0.3 is 20.4 Å². The summed E-state index contributed by atoms with van der Waals surface area (Å²) in [5.74, 6) is -0.494. The van der Waals surface area contributed by atoms with Crippen molar-refractivity contribution >= 4 is 23.0 Å². The minimum Gasteiger partial charge on any atom is -0.376 e. The van der Waals surface area contributed by atoms with Crippen LogP contribution in [0, 0.1) is 5.82 Å². The van der Waals surface area contributed by atoms with Gasteiger partial charge in [-0.05, 0) is 55.6 Å². The third-order valence-corrected chi connectivity index (χ3v) is 4.32. The van der Waals surface area contributed by atoms with Crippen LogP contribution in [0.4, 0.5) is 21.5 Å². The van der Waals surface area contributed by atoms with Crippen molar-refractivity contribution in [3.63, 3.8) is 0 Å². The smallest absolute Gasteiger partial charge is 0.243 e. The molecular weight excluding hydrogens is 319 g/mol. The highest BCUT2D eigenvalue weighted by Crippen LogP contribution is 2.19. The van der Waals surface area contributed by atoms with E-state index < -0.39 is 0 Å². The number of nitrogens with zero attached hydrogens (tertiary/aromatic N) is 2. The number of hydrogen-bond donors (Lipinski definition) is 2. The molecule has 1 amide bonds. The van der Waals surface area contributed by atoms with E-state index in [0.717, 1.165) is 31.9 Å². The van der Waals surface area contributed by atoms with E-state index in [9.17, 15) is 9.18 Å². The Bertz CT molecular complexity index is 694. The summed E-state index contributed by atoms with van der Waals surface area (Å²) in [5.41, 5.74) is 2.68. The van der Waals surface area contributed by atoms with Crippen molar-refractivity contribution in [2.75, 3.05) is 55.3 Å². The van der Waals surface area contributed by atoms with Gasteiger partial charge >= 0.3 is 0 Å². The van der Waals surface area contributed by atoms with Crippen molar-refractivity contribution in [1.82, 2.24) is 4.90 Å². The van der Waals surface area contributed by atoms with Crippen molar-refractivity contribution in [3.05, 3.63) is 54.3 Å². The summed E-state index contributed by atoms with van der Waals surface area (Å²) in [4.78, 5) is 16.6. The average molecular weight is 342 g/mol. The molecule has 25 heavy (non-hydrogen) atoms. The number of likely N-dealkylation sites (N-methyl/N-ethyl adjacent to an activating group) is 1. The predicted molar refractivity (Wildman–Crippen MR) is 99.7 cm³/mol. The number of nitrogens with one attached hydrogen (secondary N) is 2. The first kappa shape index (κ1) is 17.2. The van der Waals surface area contributed by atoms with Crippen LogP contribution in [0.25, 0.3) is 0 Å². The van der Waals surface area contributed by atoms with Crippen LogP contribution in [0.5, 0.6) is 0 Å². The molecule has 1 fully saturated rings. The van der Waals surface area contributed by atoms with Crippen LogP contribution in [0.2, 0.25) is 0 Å². The lowest BCUT2D eigenvalue weighted by Gasteiger charge is -2.34. The molecule has 0 aromatic heterocycles. The summed E-state index contributed by atoms with van der Waals surface area (Å²) in [5, 5.41) is 5.83. The molecule has 0 bridgehead atoms. The van der Waals surface area contributed by atoms with Gasteiger partial charge in [0.05, 0.1) is 6.54 Å². The van der Waals surface area contributed by atoms with Crippen LogP contribution in [-0.4, -0.2) is 50.6 Å². The molecule has 2 N–H and O–H groups in total. The Balaban J connectivity index is 1.48. The maximum Gasteiger partial charge on any atom is 0.243 e. The Morgan fingerprint density at radius 1 is 0.960 bits per heavy atom. The molecule has 6 heteroatoms. The lowest BCUT2D eigenvalue weighted by Crippen LogP contribution is -2.44. The molecule has 5 nitrogen and oxygen atoms in total. The van der Waals surface area contributed by atoms with E-state index in [-0.39, 0.29) is 18.3 Å². The highest BCUT2D eigenvalue weighted by molar-refractivity contribution is 5.93. The lowest BCUT2D eigenvalue weighted by molar-refractivity contribution is -0.114. The summed E-state index contributed by atoms with van der Waals surface area (Å²) in [6.45, 7) is 4.37. The molecule has 2 aromatic carbocycles. The van der Waals surface area contributed by atoms with E-state index in [1.165, 1.54) is 30.0 Å². The highest BCUT2D eigenvalue weighted by atomic mass is 19.1. The number of carbonyl (C=O) groups excluding carboxylic acids is 1. The minimum atomic E-state index is -0.323. The van der Waals surface area contributed by atoms with Crippen molar-refractivity contribution < 1.29 is 9.18 Å². The van der Waals surface area contributed by atoms with Gasteiger partial charge in [-0.15, -0.1) is 0 Å².